The monoisotopic (exact) mass is 567 g/mol. The lowest BCUT2D eigenvalue weighted by Gasteiger charge is -2.32. The number of carboxylic acids is 1. The van der Waals surface area contributed by atoms with Gasteiger partial charge in [-0.15, -0.1) is 0 Å². The lowest BCUT2D eigenvalue weighted by atomic mass is 10.0. The van der Waals surface area contributed by atoms with Gasteiger partial charge in [-0.3, -0.25) is 9.36 Å². The maximum Gasteiger partial charge on any atom is 0.365 e. The second-order valence-corrected chi connectivity index (χ2v) is 12.3. The molecule has 0 bridgehead atoms. The first kappa shape index (κ1) is 37.1. The van der Waals surface area contributed by atoms with Gasteiger partial charge in [0.1, 0.15) is 18.5 Å². The van der Waals surface area contributed by atoms with Crippen LogP contribution in [0.1, 0.15) is 96.8 Å². The first-order valence-corrected chi connectivity index (χ1v) is 15.6. The van der Waals surface area contributed by atoms with Crippen molar-refractivity contribution < 1.29 is 47.2 Å². The molecule has 11 heteroatoms. The van der Waals surface area contributed by atoms with Crippen molar-refractivity contribution in [3.63, 3.8) is 0 Å². The fourth-order valence-electron chi connectivity index (χ4n) is 3.86. The minimum absolute atomic E-state index is 0.00630. The number of likely N-dealkylation sites (N-methyl/N-ethyl adjacent to an activating group) is 1. The van der Waals surface area contributed by atoms with Crippen LogP contribution < -0.4 is 4.89 Å². The van der Waals surface area contributed by atoms with Crippen LogP contribution in [-0.4, -0.2) is 88.2 Å². The molecule has 0 saturated carbocycles. The van der Waals surface area contributed by atoms with E-state index in [-0.39, 0.29) is 17.7 Å². The number of nitrogens with zero attached hydrogens (tertiary/aromatic N) is 1. The van der Waals surface area contributed by atoms with Crippen LogP contribution in [0.25, 0.3) is 0 Å². The third kappa shape index (κ3) is 21.0. The number of hydrogen-bond acceptors (Lipinski definition) is 8. The predicted molar refractivity (Wildman–Crippen MR) is 146 cm³/mol. The van der Waals surface area contributed by atoms with E-state index in [4.69, 9.17) is 18.5 Å². The molecule has 0 saturated heterocycles. The molecule has 0 aliphatic rings. The van der Waals surface area contributed by atoms with Crippen LogP contribution in [0.15, 0.2) is 0 Å². The van der Waals surface area contributed by atoms with Crippen LogP contribution in [0.3, 0.4) is 0 Å². The largest absolute Gasteiger partial charge is 0.756 e. The number of phosphoric ester groups is 1. The number of hydrogen-bond donors (Lipinski definition) is 1. The Labute approximate surface area is 230 Å². The van der Waals surface area contributed by atoms with E-state index in [1.54, 1.807) is 21.1 Å². The topological polar surface area (TPSA) is 131 Å². The van der Waals surface area contributed by atoms with Gasteiger partial charge in [0.05, 0.1) is 34.4 Å². The van der Waals surface area contributed by atoms with Crippen molar-refractivity contribution in [1.29, 1.82) is 0 Å². The Morgan fingerprint density at radius 3 is 1.82 bits per heavy atom. The molecule has 1 N–H and O–H groups in total. The average molecular weight is 568 g/mol. The number of unbranched alkanes of at least 4 members (excludes halogenated alkanes) is 10. The molecule has 3 atom stereocenters. The Kier molecular flexibility index (Phi) is 21.4. The third-order valence-corrected chi connectivity index (χ3v) is 7.40. The van der Waals surface area contributed by atoms with Gasteiger partial charge >= 0.3 is 5.97 Å². The predicted octanol–water partition coefficient (Wildman–Crippen LogP) is 4.73. The number of carbonyl (C=O) groups is 2. The molecule has 0 heterocycles. The van der Waals surface area contributed by atoms with Crippen molar-refractivity contribution in [3.05, 3.63) is 0 Å². The normalized spacial score (nSPS) is 15.2. The maximum absolute atomic E-state index is 12.0. The van der Waals surface area contributed by atoms with Gasteiger partial charge in [0, 0.05) is 26.6 Å². The van der Waals surface area contributed by atoms with Crippen LogP contribution in [0, 0.1) is 0 Å². The van der Waals surface area contributed by atoms with Crippen LogP contribution in [-0.2, 0) is 32.7 Å². The van der Waals surface area contributed by atoms with Gasteiger partial charge in [-0.1, -0.05) is 64.7 Å². The fourth-order valence-corrected chi connectivity index (χ4v) is 4.61. The van der Waals surface area contributed by atoms with Gasteiger partial charge in [-0.25, -0.2) is 4.79 Å². The standard InChI is InChI=1S/C27H54NO9P/c1-6-7-15-18-24(29)19-16-13-11-9-8-10-12-14-17-20-35-21-25(34-5)22-36-38(32,33)37-23-26(27(30)31)28(2,3)4/h25-26H,6-23H2,1-5H3,(H-,30,31,32,33)/t25?,26-/m1/s1. The summed E-state index contributed by atoms with van der Waals surface area (Å²) in [5.41, 5.74) is 0. The second kappa shape index (κ2) is 21.9. The molecule has 0 fully saturated rings. The van der Waals surface area contributed by atoms with Gasteiger partial charge in [-0.05, 0) is 19.3 Å². The van der Waals surface area contributed by atoms with E-state index in [0.717, 1.165) is 64.2 Å². The number of ether oxygens (including phenoxy) is 2. The second-order valence-electron chi connectivity index (χ2n) is 10.9. The van der Waals surface area contributed by atoms with Gasteiger partial charge in [0.25, 0.3) is 7.82 Å². The Balaban J connectivity index is 3.78. The highest BCUT2D eigenvalue weighted by molar-refractivity contribution is 7.45. The highest BCUT2D eigenvalue weighted by atomic mass is 31.2. The van der Waals surface area contributed by atoms with E-state index in [1.807, 2.05) is 0 Å². The van der Waals surface area contributed by atoms with E-state index in [0.29, 0.717) is 12.4 Å². The van der Waals surface area contributed by atoms with Crippen molar-refractivity contribution in [1.82, 2.24) is 0 Å². The summed E-state index contributed by atoms with van der Waals surface area (Å²) in [6, 6.07) is -1.05. The van der Waals surface area contributed by atoms with E-state index >= 15 is 0 Å². The zero-order valence-corrected chi connectivity index (χ0v) is 25.4. The lowest BCUT2D eigenvalue weighted by Crippen LogP contribution is -2.52. The quantitative estimate of drug-likeness (QED) is 0.0850. The van der Waals surface area contributed by atoms with E-state index in [9.17, 15) is 24.2 Å². The first-order valence-electron chi connectivity index (χ1n) is 14.2. The summed E-state index contributed by atoms with van der Waals surface area (Å²) in [6.45, 7) is 2.11. The summed E-state index contributed by atoms with van der Waals surface area (Å²) in [7, 11) is 1.68. The number of ketones is 1. The van der Waals surface area contributed by atoms with E-state index in [2.05, 4.69) is 6.92 Å². The molecular weight excluding hydrogens is 513 g/mol. The Morgan fingerprint density at radius 2 is 1.32 bits per heavy atom. The summed E-state index contributed by atoms with van der Waals surface area (Å²) in [6.07, 6.45) is 14.4. The number of aliphatic carboxylic acids is 1. The molecule has 0 spiro atoms. The Morgan fingerprint density at radius 1 is 0.816 bits per heavy atom. The molecule has 226 valence electrons. The molecule has 0 aromatic heterocycles. The van der Waals surface area contributed by atoms with Crippen molar-refractivity contribution in [2.75, 3.05) is 54.7 Å². The molecule has 0 aliphatic carbocycles. The fraction of sp³-hybridized carbons (Fsp3) is 0.926. The SMILES string of the molecule is CCCCCC(=O)CCCCCCCCCCCOCC(COP(=O)([O-])OC[C@H](C(=O)O)[N+](C)(C)C)OC. The van der Waals surface area contributed by atoms with E-state index < -0.39 is 32.5 Å². The van der Waals surface area contributed by atoms with E-state index in [1.165, 1.54) is 32.8 Å². The molecular formula is C27H54NO9P. The molecule has 0 amide bonds. The van der Waals surface area contributed by atoms with Gasteiger partial charge < -0.3 is 33.0 Å². The third-order valence-electron chi connectivity index (χ3n) is 6.47. The van der Waals surface area contributed by atoms with Crippen LogP contribution in [0.2, 0.25) is 0 Å². The molecule has 0 aliphatic heterocycles. The molecule has 0 aromatic carbocycles. The van der Waals surface area contributed by atoms with Gasteiger partial charge in [0.2, 0.25) is 6.04 Å². The molecule has 0 radical (unpaired) electrons. The minimum atomic E-state index is -4.68. The van der Waals surface area contributed by atoms with Crippen LogP contribution >= 0.6 is 7.82 Å². The number of phosphoric acid groups is 1. The summed E-state index contributed by atoms with van der Waals surface area (Å²) < 4.78 is 32.5. The van der Waals surface area contributed by atoms with Gasteiger partial charge in [-0.2, -0.15) is 0 Å². The zero-order chi connectivity index (χ0) is 28.9. The Bertz CT molecular complexity index is 669. The highest BCUT2D eigenvalue weighted by Crippen LogP contribution is 2.39. The Hall–Kier alpha value is -0.870. The van der Waals surface area contributed by atoms with Crippen molar-refractivity contribution in [3.8, 4) is 0 Å². The van der Waals surface area contributed by atoms with Crippen molar-refractivity contribution in [2.24, 2.45) is 0 Å². The van der Waals surface area contributed by atoms with Crippen molar-refractivity contribution >= 4 is 19.6 Å². The number of carboxylic acid groups (broad SMARTS) is 1. The minimum Gasteiger partial charge on any atom is -0.756 e. The molecule has 0 rings (SSSR count). The number of quaternary nitrogens is 1. The van der Waals surface area contributed by atoms with Gasteiger partial charge in [0.15, 0.2) is 0 Å². The summed E-state index contributed by atoms with van der Waals surface area (Å²) in [5.74, 6) is -0.732. The van der Waals surface area contributed by atoms with Crippen LogP contribution in [0.4, 0.5) is 0 Å². The number of rotatable bonds is 27. The summed E-state index contributed by atoms with van der Waals surface area (Å²) in [4.78, 5) is 35.1. The smallest absolute Gasteiger partial charge is 0.365 e. The van der Waals surface area contributed by atoms with Crippen LogP contribution in [0.5, 0.6) is 0 Å². The molecule has 10 nitrogen and oxygen atoms in total. The first-order chi connectivity index (χ1) is 17.9. The average Bonchev–Trinajstić information content (AvgIpc) is 2.83. The number of methoxy groups -OCH3 is 1. The number of carbonyl (C=O) groups excluding carboxylic acids is 1. The number of Topliss-reactive ketones (excluding diaryl/α,β-unsaturated/α-hetero) is 1. The highest BCUT2D eigenvalue weighted by Gasteiger charge is 2.33. The molecule has 38 heavy (non-hydrogen) atoms. The summed E-state index contributed by atoms with van der Waals surface area (Å²) in [5, 5.41) is 9.27. The molecule has 0 aromatic rings. The maximum atomic E-state index is 12.0. The van der Waals surface area contributed by atoms with Crippen molar-refractivity contribution in [2.45, 2.75) is 109 Å². The lowest BCUT2D eigenvalue weighted by molar-refractivity contribution is -0.887. The molecule has 2 unspecified atom stereocenters. The summed E-state index contributed by atoms with van der Waals surface area (Å²) >= 11 is 0. The zero-order valence-electron chi connectivity index (χ0n) is 24.5.